The summed E-state index contributed by atoms with van der Waals surface area (Å²) in [5, 5.41) is 8.02. The predicted molar refractivity (Wildman–Crippen MR) is 72.2 cm³/mol. The van der Waals surface area contributed by atoms with E-state index in [1.54, 1.807) is 0 Å². The molecule has 0 saturated heterocycles. The number of halogens is 25. The molecule has 242 valence electrons. The standard InChI is InChI=1S/C14H5F25O/c15-3(16,1-2-40)4(17,18)5(19,20)6(21,22)7(23,24)8(25,26)9(27,28)10(29,30)11(31,32)12(33,34)13(35,36)14(37,38)39/h40H,1-2H2. The van der Waals surface area contributed by atoms with Crippen LogP contribution in [0.15, 0.2) is 0 Å². The molecule has 0 aliphatic rings. The van der Waals surface area contributed by atoms with E-state index in [9.17, 15) is 110 Å². The highest BCUT2D eigenvalue weighted by molar-refractivity contribution is 5.19. The van der Waals surface area contributed by atoms with Gasteiger partial charge in [0.05, 0.1) is 0 Å². The van der Waals surface area contributed by atoms with Crippen molar-refractivity contribution in [3.63, 3.8) is 0 Å². The third-order valence-electron chi connectivity index (χ3n) is 4.79. The van der Waals surface area contributed by atoms with E-state index in [1.807, 2.05) is 0 Å². The van der Waals surface area contributed by atoms with Gasteiger partial charge in [0.1, 0.15) is 0 Å². The fourth-order valence-electron chi connectivity index (χ4n) is 2.28. The molecule has 0 aromatic rings. The maximum Gasteiger partial charge on any atom is 0.460 e. The quantitative estimate of drug-likeness (QED) is 0.211. The lowest BCUT2D eigenvalue weighted by Gasteiger charge is -2.45. The molecule has 0 fully saturated rings. The van der Waals surface area contributed by atoms with Gasteiger partial charge >= 0.3 is 71.3 Å². The van der Waals surface area contributed by atoms with Crippen LogP contribution in [0.5, 0.6) is 0 Å². The van der Waals surface area contributed by atoms with Crippen molar-refractivity contribution in [1.29, 1.82) is 0 Å². The van der Waals surface area contributed by atoms with Crippen LogP contribution in [-0.2, 0) is 0 Å². The van der Waals surface area contributed by atoms with Crippen molar-refractivity contribution in [2.75, 3.05) is 6.61 Å². The Bertz CT molecular complexity index is 909. The Morgan fingerprint density at radius 1 is 0.275 bits per heavy atom. The van der Waals surface area contributed by atoms with Crippen molar-refractivity contribution < 1.29 is 115 Å². The lowest BCUT2D eigenvalue weighted by atomic mass is 9.84. The van der Waals surface area contributed by atoms with Gasteiger partial charge in [0.25, 0.3) is 0 Å². The molecule has 0 saturated carbocycles. The molecule has 0 unspecified atom stereocenters. The molecule has 26 heteroatoms. The van der Waals surface area contributed by atoms with Gasteiger partial charge in [-0.1, -0.05) is 0 Å². The fraction of sp³-hybridized carbons (Fsp3) is 1.00. The number of rotatable bonds is 12. The first-order valence-corrected chi connectivity index (χ1v) is 8.64. The molecular weight excluding hydrogens is 659 g/mol. The van der Waals surface area contributed by atoms with E-state index in [4.69, 9.17) is 5.11 Å². The minimum absolute atomic E-state index is 2.42. The van der Waals surface area contributed by atoms with Gasteiger partial charge in [0, 0.05) is 13.0 Å². The molecule has 0 aliphatic heterocycles. The molecule has 0 atom stereocenters. The lowest BCUT2D eigenvalue weighted by molar-refractivity contribution is -0.482. The number of hydrogen-bond donors (Lipinski definition) is 1. The van der Waals surface area contributed by atoms with Crippen molar-refractivity contribution in [2.45, 2.75) is 77.7 Å². The lowest BCUT2D eigenvalue weighted by Crippen LogP contribution is -2.78. The van der Waals surface area contributed by atoms with Gasteiger partial charge in [-0.15, -0.1) is 0 Å². The zero-order valence-corrected chi connectivity index (χ0v) is 17.3. The fourth-order valence-corrected chi connectivity index (χ4v) is 2.28. The summed E-state index contributed by atoms with van der Waals surface area (Å²) in [5.41, 5.74) is 0. The van der Waals surface area contributed by atoms with Gasteiger partial charge in [-0.25, -0.2) is 0 Å². The summed E-state index contributed by atoms with van der Waals surface area (Å²) in [5.74, 6) is -98.4. The van der Waals surface area contributed by atoms with Crippen LogP contribution >= 0.6 is 0 Å². The van der Waals surface area contributed by atoms with E-state index < -0.39 is 84.4 Å². The first kappa shape index (κ1) is 38.2. The monoisotopic (exact) mass is 664 g/mol. The molecule has 0 spiro atoms. The summed E-state index contributed by atoms with van der Waals surface area (Å²) < 4.78 is 328. The number of aliphatic hydroxyl groups is 1. The smallest absolute Gasteiger partial charge is 0.396 e. The van der Waals surface area contributed by atoms with Crippen molar-refractivity contribution in [1.82, 2.24) is 0 Å². The zero-order valence-electron chi connectivity index (χ0n) is 17.3. The van der Waals surface area contributed by atoms with Crippen LogP contribution in [0.25, 0.3) is 0 Å². The minimum Gasteiger partial charge on any atom is -0.396 e. The molecule has 0 amide bonds. The number of hydrogen-bond acceptors (Lipinski definition) is 1. The van der Waals surface area contributed by atoms with Crippen LogP contribution in [0.2, 0.25) is 0 Å². The SMILES string of the molecule is OCCC(F)(F)C(F)(F)C(F)(F)C(F)(F)C(F)(F)C(F)(F)C(F)(F)C(F)(F)C(F)(F)C(F)(F)C(F)(F)C(F)(F)F. The van der Waals surface area contributed by atoms with Crippen molar-refractivity contribution >= 4 is 0 Å². The average molecular weight is 664 g/mol. The normalized spacial score (nSPS) is 16.9. The van der Waals surface area contributed by atoms with Gasteiger partial charge in [0.2, 0.25) is 0 Å². The van der Waals surface area contributed by atoms with E-state index in [2.05, 4.69) is 0 Å². The Hall–Kier alpha value is -1.79. The molecule has 1 nitrogen and oxygen atoms in total. The Morgan fingerprint density at radius 2 is 0.450 bits per heavy atom. The summed E-state index contributed by atoms with van der Waals surface area (Å²) >= 11 is 0. The van der Waals surface area contributed by atoms with Crippen LogP contribution in [0.4, 0.5) is 110 Å². The van der Waals surface area contributed by atoms with Gasteiger partial charge in [0.15, 0.2) is 0 Å². The summed E-state index contributed by atoms with van der Waals surface area (Å²) in [6, 6.07) is 0. The first-order chi connectivity index (χ1) is 16.8. The van der Waals surface area contributed by atoms with E-state index in [0.717, 1.165) is 0 Å². The highest BCUT2D eigenvalue weighted by atomic mass is 19.4. The predicted octanol–water partition coefficient (Wildman–Crippen LogP) is 7.92. The number of aliphatic hydroxyl groups excluding tert-OH is 1. The van der Waals surface area contributed by atoms with Gasteiger partial charge in [-0.3, -0.25) is 0 Å². The Kier molecular flexibility index (Phi) is 8.94. The van der Waals surface area contributed by atoms with Crippen molar-refractivity contribution in [2.24, 2.45) is 0 Å². The Balaban J connectivity index is 7.30. The second kappa shape index (κ2) is 9.36. The zero-order chi connectivity index (χ0) is 33.4. The largest absolute Gasteiger partial charge is 0.460 e. The molecule has 0 heterocycles. The maximum atomic E-state index is 13.5. The molecule has 0 radical (unpaired) electrons. The molecule has 40 heavy (non-hydrogen) atoms. The van der Waals surface area contributed by atoms with Crippen molar-refractivity contribution in [3.8, 4) is 0 Å². The second-order valence-electron chi connectivity index (χ2n) is 7.42. The number of alkyl halides is 25. The Morgan fingerprint density at radius 3 is 0.625 bits per heavy atom. The topological polar surface area (TPSA) is 20.2 Å². The van der Waals surface area contributed by atoms with Gasteiger partial charge < -0.3 is 5.11 Å². The van der Waals surface area contributed by atoms with Crippen LogP contribution in [0.3, 0.4) is 0 Å². The first-order valence-electron chi connectivity index (χ1n) is 8.64. The average Bonchev–Trinajstić information content (AvgIpc) is 2.71. The molecular formula is C14H5F25O. The molecule has 0 bridgehead atoms. The van der Waals surface area contributed by atoms with Crippen LogP contribution in [-0.4, -0.2) is 83.0 Å². The van der Waals surface area contributed by atoms with Gasteiger partial charge in [-0.2, -0.15) is 110 Å². The molecule has 0 aromatic heterocycles. The maximum absolute atomic E-state index is 13.5. The molecule has 0 aromatic carbocycles. The third kappa shape index (κ3) is 4.38. The highest BCUT2D eigenvalue weighted by Crippen LogP contribution is 2.67. The van der Waals surface area contributed by atoms with Crippen LogP contribution in [0, 0.1) is 0 Å². The van der Waals surface area contributed by atoms with Crippen LogP contribution < -0.4 is 0 Å². The molecule has 1 N–H and O–H groups in total. The third-order valence-corrected chi connectivity index (χ3v) is 4.79. The van der Waals surface area contributed by atoms with Gasteiger partial charge in [-0.05, 0) is 0 Å². The summed E-state index contributed by atoms with van der Waals surface area (Å²) in [6.45, 7) is -2.42. The van der Waals surface area contributed by atoms with E-state index in [1.165, 1.54) is 0 Å². The molecule has 0 rings (SSSR count). The second-order valence-corrected chi connectivity index (χ2v) is 7.42. The van der Waals surface area contributed by atoms with E-state index in [-0.39, 0.29) is 0 Å². The Labute approximate surface area is 200 Å². The highest BCUT2D eigenvalue weighted by Gasteiger charge is 2.99. The summed E-state index contributed by atoms with van der Waals surface area (Å²) in [6.07, 6.45) is -11.3. The van der Waals surface area contributed by atoms with E-state index >= 15 is 0 Å². The molecule has 0 aliphatic carbocycles. The van der Waals surface area contributed by atoms with E-state index in [0.29, 0.717) is 0 Å². The summed E-state index contributed by atoms with van der Waals surface area (Å²) in [4.78, 5) is 0. The van der Waals surface area contributed by atoms with Crippen molar-refractivity contribution in [3.05, 3.63) is 0 Å². The summed E-state index contributed by atoms with van der Waals surface area (Å²) in [7, 11) is 0. The minimum atomic E-state index is -9.60. The van der Waals surface area contributed by atoms with Crippen LogP contribution in [0.1, 0.15) is 6.42 Å².